The van der Waals surface area contributed by atoms with Gasteiger partial charge in [-0.3, -0.25) is 4.90 Å². The summed E-state index contributed by atoms with van der Waals surface area (Å²) in [6, 6.07) is 0.512. The molecular formula is C13H28N2O2. The Hall–Kier alpha value is -0.160. The number of nitrogens with two attached hydrogens (primary N) is 1. The highest BCUT2D eigenvalue weighted by Crippen LogP contribution is 2.28. The first-order valence-corrected chi connectivity index (χ1v) is 6.62. The number of aliphatic hydroxyl groups is 1. The van der Waals surface area contributed by atoms with Gasteiger partial charge < -0.3 is 15.6 Å². The Bertz CT molecular complexity index is 228. The van der Waals surface area contributed by atoms with Gasteiger partial charge in [-0.1, -0.05) is 27.7 Å². The number of aliphatic hydroxyl groups excluding tert-OH is 1. The maximum Gasteiger partial charge on any atom is 0.0933 e. The topological polar surface area (TPSA) is 58.7 Å². The molecule has 1 fully saturated rings. The van der Waals surface area contributed by atoms with Crippen LogP contribution in [0.1, 0.15) is 34.1 Å². The highest BCUT2D eigenvalue weighted by atomic mass is 16.5. The van der Waals surface area contributed by atoms with Crippen molar-refractivity contribution in [1.82, 2.24) is 4.90 Å². The van der Waals surface area contributed by atoms with Gasteiger partial charge in [0.1, 0.15) is 0 Å². The van der Waals surface area contributed by atoms with Crippen LogP contribution in [0.2, 0.25) is 0 Å². The normalized spacial score (nSPS) is 26.8. The molecule has 0 bridgehead atoms. The van der Waals surface area contributed by atoms with Crippen molar-refractivity contribution in [1.29, 1.82) is 0 Å². The Morgan fingerprint density at radius 2 is 2.12 bits per heavy atom. The van der Waals surface area contributed by atoms with Crippen molar-refractivity contribution in [3.05, 3.63) is 0 Å². The van der Waals surface area contributed by atoms with Gasteiger partial charge in [-0.25, -0.2) is 0 Å². The molecule has 0 radical (unpaired) electrons. The van der Waals surface area contributed by atoms with Crippen molar-refractivity contribution < 1.29 is 9.84 Å². The number of hydrogen-bond acceptors (Lipinski definition) is 4. The van der Waals surface area contributed by atoms with Crippen LogP contribution >= 0.6 is 0 Å². The van der Waals surface area contributed by atoms with Crippen LogP contribution in [-0.4, -0.2) is 54.5 Å². The molecule has 4 nitrogen and oxygen atoms in total. The van der Waals surface area contributed by atoms with E-state index >= 15 is 0 Å². The summed E-state index contributed by atoms with van der Waals surface area (Å²) in [5.74, 6) is 0. The quantitative estimate of drug-likeness (QED) is 0.769. The fourth-order valence-corrected chi connectivity index (χ4v) is 2.79. The lowest BCUT2D eigenvalue weighted by Gasteiger charge is -2.46. The smallest absolute Gasteiger partial charge is 0.0933 e. The molecule has 17 heavy (non-hydrogen) atoms. The van der Waals surface area contributed by atoms with Crippen LogP contribution in [0.15, 0.2) is 0 Å². The van der Waals surface area contributed by atoms with Gasteiger partial charge in [0.15, 0.2) is 0 Å². The molecule has 0 aliphatic carbocycles. The fraction of sp³-hybridized carbons (Fsp3) is 1.00. The maximum atomic E-state index is 9.21. The van der Waals surface area contributed by atoms with Crippen molar-refractivity contribution in [2.24, 2.45) is 11.1 Å². The van der Waals surface area contributed by atoms with Crippen molar-refractivity contribution in [3.8, 4) is 0 Å². The van der Waals surface area contributed by atoms with E-state index in [4.69, 9.17) is 10.5 Å². The average molecular weight is 244 g/mol. The maximum absolute atomic E-state index is 9.21. The number of morpholine rings is 1. The second-order valence-electron chi connectivity index (χ2n) is 6.05. The minimum atomic E-state index is -0.0577. The molecule has 1 saturated heterocycles. The van der Waals surface area contributed by atoms with E-state index in [1.54, 1.807) is 0 Å². The summed E-state index contributed by atoms with van der Waals surface area (Å²) in [5, 5.41) is 9.21. The second kappa shape index (κ2) is 6.14. The summed E-state index contributed by atoms with van der Waals surface area (Å²) in [4.78, 5) is 2.39. The van der Waals surface area contributed by atoms with E-state index in [0.717, 1.165) is 19.5 Å². The van der Waals surface area contributed by atoms with Crippen molar-refractivity contribution >= 4 is 0 Å². The van der Waals surface area contributed by atoms with E-state index in [1.165, 1.54) is 0 Å². The predicted molar refractivity (Wildman–Crippen MR) is 69.9 cm³/mol. The lowest BCUT2D eigenvalue weighted by molar-refractivity contribution is -0.0822. The molecule has 0 amide bonds. The zero-order valence-corrected chi connectivity index (χ0v) is 11.6. The van der Waals surface area contributed by atoms with Crippen molar-refractivity contribution in [3.63, 3.8) is 0 Å². The summed E-state index contributed by atoms with van der Waals surface area (Å²) < 4.78 is 5.50. The molecule has 0 saturated carbocycles. The lowest BCUT2D eigenvalue weighted by Crippen LogP contribution is -2.59. The Morgan fingerprint density at radius 3 is 2.59 bits per heavy atom. The molecular weight excluding hydrogens is 216 g/mol. The Balaban J connectivity index is 2.76. The fourth-order valence-electron chi connectivity index (χ4n) is 2.79. The first-order valence-electron chi connectivity index (χ1n) is 6.62. The van der Waals surface area contributed by atoms with E-state index in [0.29, 0.717) is 12.6 Å². The summed E-state index contributed by atoms with van der Waals surface area (Å²) in [5.41, 5.74) is 6.42. The Kier molecular flexibility index (Phi) is 5.38. The second-order valence-corrected chi connectivity index (χ2v) is 6.05. The zero-order chi connectivity index (χ0) is 13.1. The molecule has 3 N–H and O–H groups in total. The Morgan fingerprint density at radius 1 is 1.47 bits per heavy atom. The average Bonchev–Trinajstić information content (AvgIpc) is 2.27. The molecule has 0 aromatic rings. The SMILES string of the molecule is CCC(N)C(N1CCOC(CO)C1)C(C)(C)C. The van der Waals surface area contributed by atoms with Gasteiger partial charge in [-0.05, 0) is 11.8 Å². The van der Waals surface area contributed by atoms with Crippen LogP contribution < -0.4 is 5.73 Å². The van der Waals surface area contributed by atoms with E-state index in [2.05, 4.69) is 32.6 Å². The van der Waals surface area contributed by atoms with Crippen molar-refractivity contribution in [2.45, 2.75) is 52.3 Å². The Labute approximate surface area is 105 Å². The van der Waals surface area contributed by atoms with E-state index in [9.17, 15) is 5.11 Å². The molecule has 0 aromatic carbocycles. The summed E-state index contributed by atoms with van der Waals surface area (Å²) in [6.45, 7) is 11.3. The molecule has 0 aromatic heterocycles. The largest absolute Gasteiger partial charge is 0.394 e. The van der Waals surface area contributed by atoms with E-state index < -0.39 is 0 Å². The van der Waals surface area contributed by atoms with E-state index in [1.807, 2.05) is 0 Å². The number of hydrogen-bond donors (Lipinski definition) is 2. The van der Waals surface area contributed by atoms with Crippen LogP contribution in [-0.2, 0) is 4.74 Å². The third-order valence-electron chi connectivity index (χ3n) is 3.53. The molecule has 1 aliphatic heterocycles. The monoisotopic (exact) mass is 244 g/mol. The highest BCUT2D eigenvalue weighted by Gasteiger charge is 2.36. The number of ether oxygens (including phenoxy) is 1. The lowest BCUT2D eigenvalue weighted by atomic mass is 9.80. The molecule has 3 unspecified atom stereocenters. The minimum Gasteiger partial charge on any atom is -0.394 e. The van der Waals surface area contributed by atoms with Gasteiger partial charge in [-0.2, -0.15) is 0 Å². The summed E-state index contributed by atoms with van der Waals surface area (Å²) >= 11 is 0. The van der Waals surface area contributed by atoms with Gasteiger partial charge in [0.25, 0.3) is 0 Å². The van der Waals surface area contributed by atoms with Gasteiger partial charge >= 0.3 is 0 Å². The van der Waals surface area contributed by atoms with Crippen LogP contribution in [0.25, 0.3) is 0 Å². The minimum absolute atomic E-state index is 0.0577. The number of rotatable bonds is 4. The first-order chi connectivity index (χ1) is 7.90. The van der Waals surface area contributed by atoms with Gasteiger partial charge in [-0.15, -0.1) is 0 Å². The van der Waals surface area contributed by atoms with Gasteiger partial charge in [0, 0.05) is 25.2 Å². The van der Waals surface area contributed by atoms with Gasteiger partial charge in [0.2, 0.25) is 0 Å². The van der Waals surface area contributed by atoms with E-state index in [-0.39, 0.29) is 24.2 Å². The highest BCUT2D eigenvalue weighted by molar-refractivity contribution is 4.92. The van der Waals surface area contributed by atoms with Crippen LogP contribution in [0, 0.1) is 5.41 Å². The molecule has 4 heteroatoms. The zero-order valence-electron chi connectivity index (χ0n) is 11.6. The van der Waals surface area contributed by atoms with Crippen LogP contribution in [0.3, 0.4) is 0 Å². The molecule has 1 rings (SSSR count). The molecule has 1 aliphatic rings. The predicted octanol–water partition coefficient (Wildman–Crippen LogP) is 0.832. The van der Waals surface area contributed by atoms with Crippen molar-refractivity contribution in [2.75, 3.05) is 26.3 Å². The standard InChI is InChI=1S/C13H28N2O2/c1-5-11(14)12(13(2,3)4)15-6-7-17-10(8-15)9-16/h10-12,16H,5-9,14H2,1-4H3. The first kappa shape index (κ1) is 14.9. The number of nitrogens with zero attached hydrogens (tertiary/aromatic N) is 1. The molecule has 0 spiro atoms. The van der Waals surface area contributed by atoms with Crippen LogP contribution in [0.5, 0.6) is 0 Å². The van der Waals surface area contributed by atoms with Gasteiger partial charge in [0.05, 0.1) is 19.3 Å². The summed E-state index contributed by atoms with van der Waals surface area (Å²) in [6.07, 6.45) is 0.918. The van der Waals surface area contributed by atoms with Crippen LogP contribution in [0.4, 0.5) is 0 Å². The molecule has 3 atom stereocenters. The molecule has 102 valence electrons. The third-order valence-corrected chi connectivity index (χ3v) is 3.53. The third kappa shape index (κ3) is 3.91. The summed E-state index contributed by atoms with van der Waals surface area (Å²) in [7, 11) is 0. The molecule has 1 heterocycles.